The second-order valence-electron chi connectivity index (χ2n) is 3.94. The highest BCUT2D eigenvalue weighted by Crippen LogP contribution is 2.01. The van der Waals surface area contributed by atoms with Crippen LogP contribution in [0.5, 0.6) is 0 Å². The van der Waals surface area contributed by atoms with E-state index in [-0.39, 0.29) is 11.8 Å². The Kier molecular flexibility index (Phi) is 5.60. The third-order valence-corrected chi connectivity index (χ3v) is 2.62. The third-order valence-electron chi connectivity index (χ3n) is 2.62. The van der Waals surface area contributed by atoms with E-state index in [9.17, 15) is 4.79 Å². The fraction of sp³-hybridized carbons (Fsp3) is 0.900. The number of ether oxygens (including phenoxy) is 1. The van der Waals surface area contributed by atoms with Crippen LogP contribution in [-0.2, 0) is 9.53 Å². The van der Waals surface area contributed by atoms with Crippen LogP contribution in [0.2, 0.25) is 0 Å². The highest BCUT2D eigenvalue weighted by molar-refractivity contribution is 5.79. The van der Waals surface area contributed by atoms with Crippen LogP contribution in [0.4, 0.5) is 0 Å². The van der Waals surface area contributed by atoms with Gasteiger partial charge in [0, 0.05) is 39.8 Å². The van der Waals surface area contributed by atoms with E-state index in [4.69, 9.17) is 4.74 Å². The van der Waals surface area contributed by atoms with Gasteiger partial charge >= 0.3 is 0 Å². The van der Waals surface area contributed by atoms with Crippen molar-refractivity contribution in [1.29, 1.82) is 0 Å². The van der Waals surface area contributed by atoms with Crippen molar-refractivity contribution in [1.82, 2.24) is 15.5 Å². The number of hydrogen-bond donors (Lipinski definition) is 2. The van der Waals surface area contributed by atoms with E-state index in [2.05, 4.69) is 15.5 Å². The van der Waals surface area contributed by atoms with E-state index >= 15 is 0 Å². The van der Waals surface area contributed by atoms with Gasteiger partial charge in [0.1, 0.15) is 0 Å². The number of carbonyl (C=O) groups is 1. The van der Waals surface area contributed by atoms with Gasteiger partial charge in [-0.15, -0.1) is 0 Å². The highest BCUT2D eigenvalue weighted by atomic mass is 16.5. The fourth-order valence-corrected chi connectivity index (χ4v) is 1.35. The highest BCUT2D eigenvalue weighted by Gasteiger charge is 2.24. The second-order valence-corrected chi connectivity index (χ2v) is 3.94. The zero-order valence-corrected chi connectivity index (χ0v) is 9.58. The zero-order chi connectivity index (χ0) is 11.1. The van der Waals surface area contributed by atoms with Gasteiger partial charge in [-0.2, -0.15) is 0 Å². The van der Waals surface area contributed by atoms with E-state index in [0.717, 1.165) is 39.3 Å². The molecule has 0 atom stereocenters. The Labute approximate surface area is 91.2 Å². The summed E-state index contributed by atoms with van der Waals surface area (Å²) in [5.74, 6) is 0.364. The molecular weight excluding hydrogens is 194 g/mol. The van der Waals surface area contributed by atoms with Gasteiger partial charge in [0.2, 0.25) is 5.91 Å². The summed E-state index contributed by atoms with van der Waals surface area (Å²) in [6, 6.07) is 0. The Morgan fingerprint density at radius 2 is 2.27 bits per heavy atom. The quantitative estimate of drug-likeness (QED) is 0.566. The van der Waals surface area contributed by atoms with Gasteiger partial charge in [0.05, 0.1) is 12.5 Å². The molecule has 0 saturated carbocycles. The predicted molar refractivity (Wildman–Crippen MR) is 58.7 cm³/mol. The lowest BCUT2D eigenvalue weighted by Crippen LogP contribution is -2.51. The Morgan fingerprint density at radius 1 is 1.53 bits per heavy atom. The maximum atomic E-state index is 11.4. The van der Waals surface area contributed by atoms with Gasteiger partial charge in [-0.25, -0.2) is 0 Å². The predicted octanol–water partition coefficient (Wildman–Crippen LogP) is -1.10. The molecule has 5 heteroatoms. The second kappa shape index (κ2) is 6.76. The van der Waals surface area contributed by atoms with Crippen LogP contribution in [0.3, 0.4) is 0 Å². The van der Waals surface area contributed by atoms with Crippen molar-refractivity contribution < 1.29 is 9.53 Å². The number of nitrogens with zero attached hydrogens (tertiary/aromatic N) is 1. The number of methoxy groups -OCH3 is 1. The summed E-state index contributed by atoms with van der Waals surface area (Å²) in [4.78, 5) is 13.6. The largest absolute Gasteiger partial charge is 0.383 e. The van der Waals surface area contributed by atoms with E-state index in [1.165, 1.54) is 0 Å². The normalized spacial score (nSPS) is 16.5. The first-order valence-electron chi connectivity index (χ1n) is 5.40. The number of hydrogen-bond acceptors (Lipinski definition) is 4. The van der Waals surface area contributed by atoms with Crippen molar-refractivity contribution in [2.45, 2.75) is 0 Å². The standard InChI is InChI=1S/C10H21N3O2/c1-13(5-6-15-2)4-3-12-10(14)9-7-11-8-9/h9,11H,3-8H2,1-2H3,(H,12,14). The minimum absolute atomic E-state index is 0.175. The van der Waals surface area contributed by atoms with Crippen LogP contribution in [0.15, 0.2) is 0 Å². The summed E-state index contributed by atoms with van der Waals surface area (Å²) in [5, 5.41) is 6.01. The summed E-state index contributed by atoms with van der Waals surface area (Å²) in [6.45, 7) is 4.87. The van der Waals surface area contributed by atoms with E-state index in [1.807, 2.05) is 7.05 Å². The van der Waals surface area contributed by atoms with Gasteiger partial charge in [-0.05, 0) is 7.05 Å². The number of amides is 1. The van der Waals surface area contributed by atoms with Gasteiger partial charge in [0.15, 0.2) is 0 Å². The molecule has 0 radical (unpaired) electrons. The SMILES string of the molecule is COCCN(C)CCNC(=O)C1CNC1. The molecule has 1 amide bonds. The average molecular weight is 215 g/mol. The maximum absolute atomic E-state index is 11.4. The molecule has 1 fully saturated rings. The van der Waals surface area contributed by atoms with Crippen molar-refractivity contribution in [3.63, 3.8) is 0 Å². The average Bonchev–Trinajstić information content (AvgIpc) is 2.12. The first-order valence-corrected chi connectivity index (χ1v) is 5.40. The molecule has 0 aromatic rings. The lowest BCUT2D eigenvalue weighted by atomic mass is 10.0. The van der Waals surface area contributed by atoms with Crippen molar-refractivity contribution >= 4 is 5.91 Å². The number of rotatable bonds is 7. The Morgan fingerprint density at radius 3 is 2.80 bits per heavy atom. The summed E-state index contributed by atoms with van der Waals surface area (Å²) in [5.41, 5.74) is 0. The molecule has 1 rings (SSSR count). The van der Waals surface area contributed by atoms with Gasteiger partial charge < -0.3 is 20.3 Å². The molecule has 0 aromatic heterocycles. The van der Waals surface area contributed by atoms with Gasteiger partial charge in [0.25, 0.3) is 0 Å². The van der Waals surface area contributed by atoms with Crippen LogP contribution in [0.1, 0.15) is 0 Å². The smallest absolute Gasteiger partial charge is 0.225 e. The molecule has 1 aliphatic heterocycles. The molecule has 0 aromatic carbocycles. The number of nitrogens with one attached hydrogen (secondary N) is 2. The lowest BCUT2D eigenvalue weighted by molar-refractivity contribution is -0.126. The van der Waals surface area contributed by atoms with Crippen LogP contribution >= 0.6 is 0 Å². The monoisotopic (exact) mass is 215 g/mol. The summed E-state index contributed by atoms with van der Waals surface area (Å²) in [6.07, 6.45) is 0. The Hall–Kier alpha value is -0.650. The zero-order valence-electron chi connectivity index (χ0n) is 9.58. The van der Waals surface area contributed by atoms with Gasteiger partial charge in [-0.1, -0.05) is 0 Å². The molecule has 0 spiro atoms. The first-order chi connectivity index (χ1) is 7.24. The minimum Gasteiger partial charge on any atom is -0.383 e. The van der Waals surface area contributed by atoms with Crippen LogP contribution < -0.4 is 10.6 Å². The summed E-state index contributed by atoms with van der Waals surface area (Å²) < 4.78 is 4.97. The molecule has 0 unspecified atom stereocenters. The molecule has 2 N–H and O–H groups in total. The Balaban J connectivity index is 1.97. The van der Waals surface area contributed by atoms with E-state index in [0.29, 0.717) is 0 Å². The van der Waals surface area contributed by atoms with Crippen LogP contribution in [0.25, 0.3) is 0 Å². The molecule has 0 bridgehead atoms. The molecule has 1 heterocycles. The van der Waals surface area contributed by atoms with Gasteiger partial charge in [-0.3, -0.25) is 4.79 Å². The molecule has 5 nitrogen and oxygen atoms in total. The van der Waals surface area contributed by atoms with Crippen molar-refractivity contribution in [2.24, 2.45) is 5.92 Å². The lowest BCUT2D eigenvalue weighted by Gasteiger charge is -2.26. The van der Waals surface area contributed by atoms with Crippen LogP contribution in [-0.4, -0.2) is 64.3 Å². The minimum atomic E-state index is 0.175. The number of likely N-dealkylation sites (N-methyl/N-ethyl adjacent to an activating group) is 1. The number of carbonyl (C=O) groups excluding carboxylic acids is 1. The molecule has 88 valence electrons. The Bertz CT molecular complexity index is 195. The molecule has 15 heavy (non-hydrogen) atoms. The van der Waals surface area contributed by atoms with Crippen molar-refractivity contribution in [3.05, 3.63) is 0 Å². The van der Waals surface area contributed by atoms with Crippen LogP contribution in [0, 0.1) is 5.92 Å². The molecular formula is C10H21N3O2. The van der Waals surface area contributed by atoms with E-state index in [1.54, 1.807) is 7.11 Å². The topological polar surface area (TPSA) is 53.6 Å². The molecule has 1 saturated heterocycles. The van der Waals surface area contributed by atoms with Crippen molar-refractivity contribution in [2.75, 3.05) is 53.5 Å². The summed E-state index contributed by atoms with van der Waals surface area (Å²) >= 11 is 0. The van der Waals surface area contributed by atoms with Crippen molar-refractivity contribution in [3.8, 4) is 0 Å². The van der Waals surface area contributed by atoms with E-state index < -0.39 is 0 Å². The first kappa shape index (κ1) is 12.4. The molecule has 1 aliphatic rings. The third kappa shape index (κ3) is 4.59. The molecule has 0 aliphatic carbocycles. The summed E-state index contributed by atoms with van der Waals surface area (Å²) in [7, 11) is 3.72. The maximum Gasteiger partial charge on any atom is 0.225 e. The fourth-order valence-electron chi connectivity index (χ4n) is 1.35.